The zero-order chi connectivity index (χ0) is 12.9. The Kier molecular flexibility index (Phi) is 2.69. The van der Waals surface area contributed by atoms with Crippen LogP contribution in [0.3, 0.4) is 0 Å². The summed E-state index contributed by atoms with van der Waals surface area (Å²) in [5.41, 5.74) is 4.71. The van der Waals surface area contributed by atoms with Gasteiger partial charge in [0.2, 0.25) is 0 Å². The minimum absolute atomic E-state index is 0.335. The lowest BCUT2D eigenvalue weighted by Gasteiger charge is -2.21. The van der Waals surface area contributed by atoms with Crippen LogP contribution in [0.5, 0.6) is 0 Å². The zero-order valence-corrected chi connectivity index (χ0v) is 11.4. The summed E-state index contributed by atoms with van der Waals surface area (Å²) in [5.74, 6) is 2.49. The molecule has 2 nitrogen and oxygen atoms in total. The van der Waals surface area contributed by atoms with Crippen molar-refractivity contribution in [1.82, 2.24) is 0 Å². The van der Waals surface area contributed by atoms with E-state index in [2.05, 4.69) is 13.8 Å². The summed E-state index contributed by atoms with van der Waals surface area (Å²) in [6, 6.07) is 0. The summed E-state index contributed by atoms with van der Waals surface area (Å²) in [7, 11) is 0. The van der Waals surface area contributed by atoms with Gasteiger partial charge in [-0.1, -0.05) is 13.3 Å². The Labute approximate surface area is 108 Å². The van der Waals surface area contributed by atoms with Crippen LogP contribution in [0.4, 0.5) is 0 Å². The molecule has 0 spiro atoms. The summed E-state index contributed by atoms with van der Waals surface area (Å²) in [6.45, 7) is 6.32. The van der Waals surface area contributed by atoms with Crippen molar-refractivity contribution in [2.24, 2.45) is 11.8 Å². The number of rotatable bonds is 1. The first-order valence-electron chi connectivity index (χ1n) is 6.94. The average Bonchev–Trinajstić information content (AvgIpc) is 2.79. The lowest BCUT2D eigenvalue weighted by atomic mass is 9.82. The van der Waals surface area contributed by atoms with Crippen LogP contribution in [0.15, 0.2) is 16.3 Å². The topological polar surface area (TPSA) is 30.2 Å². The normalized spacial score (nSPS) is 27.2. The van der Waals surface area contributed by atoms with Gasteiger partial charge in [0.15, 0.2) is 5.78 Å². The minimum atomic E-state index is 0.335. The third-order valence-corrected chi connectivity index (χ3v) is 4.75. The number of hydrogen-bond donors (Lipinski definition) is 0. The predicted octanol–water partition coefficient (Wildman–Crippen LogP) is 3.92. The monoisotopic (exact) mass is 244 g/mol. The number of ketones is 1. The van der Waals surface area contributed by atoms with Crippen molar-refractivity contribution < 1.29 is 9.21 Å². The predicted molar refractivity (Wildman–Crippen MR) is 71.3 cm³/mol. The minimum Gasteiger partial charge on any atom is -0.468 e. The Bertz CT molecular complexity index is 533. The average molecular weight is 244 g/mol. The van der Waals surface area contributed by atoms with Crippen molar-refractivity contribution in [3.63, 3.8) is 0 Å². The van der Waals surface area contributed by atoms with Crippen LogP contribution in [0, 0.1) is 18.8 Å². The molecular formula is C16H20O2. The number of Topliss-reactive ketones (excluding diaryl/α,β-unsaturated/α-hetero) is 1. The largest absolute Gasteiger partial charge is 0.468 e. The van der Waals surface area contributed by atoms with Crippen LogP contribution < -0.4 is 0 Å². The molecule has 1 heterocycles. The Morgan fingerprint density at radius 1 is 1.39 bits per heavy atom. The second kappa shape index (κ2) is 4.11. The fourth-order valence-corrected chi connectivity index (χ4v) is 3.71. The van der Waals surface area contributed by atoms with Crippen LogP contribution in [-0.4, -0.2) is 5.78 Å². The maximum Gasteiger partial charge on any atom is 0.159 e. The van der Waals surface area contributed by atoms with E-state index in [-0.39, 0.29) is 0 Å². The maximum absolute atomic E-state index is 12.1. The van der Waals surface area contributed by atoms with Crippen LogP contribution in [0.2, 0.25) is 0 Å². The standard InChI is InChI=1S/C16H20O2/c1-4-11-5-6-14-15(9(2)8-18-14)16-10(3)13(17)7-12(11)16/h8,11-12H,4-7H2,1-3H3/t11?,12-/m1/s1. The summed E-state index contributed by atoms with van der Waals surface area (Å²) in [6.07, 6.45) is 5.87. The Morgan fingerprint density at radius 2 is 2.17 bits per heavy atom. The van der Waals surface area contributed by atoms with Gasteiger partial charge in [-0.2, -0.15) is 0 Å². The Hall–Kier alpha value is -1.31. The van der Waals surface area contributed by atoms with Gasteiger partial charge in [0.25, 0.3) is 0 Å². The van der Waals surface area contributed by atoms with Crippen LogP contribution >= 0.6 is 0 Å². The smallest absolute Gasteiger partial charge is 0.159 e. The fourth-order valence-electron chi connectivity index (χ4n) is 3.71. The third-order valence-electron chi connectivity index (χ3n) is 4.75. The highest BCUT2D eigenvalue weighted by Crippen LogP contribution is 2.48. The van der Waals surface area contributed by atoms with E-state index in [1.54, 1.807) is 0 Å². The molecule has 1 aromatic heterocycles. The van der Waals surface area contributed by atoms with E-state index in [0.717, 1.165) is 30.6 Å². The van der Waals surface area contributed by atoms with Crippen molar-refractivity contribution in [2.75, 3.05) is 0 Å². The van der Waals surface area contributed by atoms with Gasteiger partial charge in [-0.3, -0.25) is 4.79 Å². The number of aryl methyl sites for hydroxylation is 2. The van der Waals surface area contributed by atoms with Gasteiger partial charge >= 0.3 is 0 Å². The molecule has 2 aliphatic rings. The van der Waals surface area contributed by atoms with E-state index in [4.69, 9.17) is 4.42 Å². The molecular weight excluding hydrogens is 224 g/mol. The van der Waals surface area contributed by atoms with Gasteiger partial charge < -0.3 is 4.42 Å². The molecule has 0 aromatic carbocycles. The Morgan fingerprint density at radius 3 is 2.89 bits per heavy atom. The van der Waals surface area contributed by atoms with Crippen LogP contribution in [-0.2, 0) is 11.2 Å². The van der Waals surface area contributed by atoms with Gasteiger partial charge in [-0.25, -0.2) is 0 Å². The molecule has 18 heavy (non-hydrogen) atoms. The van der Waals surface area contributed by atoms with Crippen LogP contribution in [0.1, 0.15) is 50.0 Å². The highest BCUT2D eigenvalue weighted by atomic mass is 16.3. The zero-order valence-electron chi connectivity index (χ0n) is 11.4. The van der Waals surface area contributed by atoms with E-state index in [9.17, 15) is 4.79 Å². The summed E-state index contributed by atoms with van der Waals surface area (Å²) >= 11 is 0. The molecule has 96 valence electrons. The first kappa shape index (κ1) is 11.8. The quantitative estimate of drug-likeness (QED) is 0.749. The van der Waals surface area contributed by atoms with Gasteiger partial charge in [-0.15, -0.1) is 0 Å². The molecule has 0 saturated heterocycles. The van der Waals surface area contributed by atoms with E-state index < -0.39 is 0 Å². The Balaban J connectivity index is 2.20. The summed E-state index contributed by atoms with van der Waals surface area (Å²) < 4.78 is 5.71. The molecule has 0 N–H and O–H groups in total. The maximum atomic E-state index is 12.1. The van der Waals surface area contributed by atoms with Crippen molar-refractivity contribution in [3.8, 4) is 0 Å². The number of furan rings is 1. The molecule has 2 heteroatoms. The molecule has 0 amide bonds. The summed E-state index contributed by atoms with van der Waals surface area (Å²) in [5, 5.41) is 0. The van der Waals surface area contributed by atoms with Gasteiger partial charge in [0.1, 0.15) is 5.76 Å². The molecule has 0 saturated carbocycles. The van der Waals surface area contributed by atoms with E-state index in [0.29, 0.717) is 24.0 Å². The molecule has 0 bridgehead atoms. The van der Waals surface area contributed by atoms with Crippen molar-refractivity contribution in [1.29, 1.82) is 0 Å². The molecule has 0 aliphatic heterocycles. The number of carbonyl (C=O) groups is 1. The molecule has 2 atom stereocenters. The highest BCUT2D eigenvalue weighted by molar-refractivity contribution is 6.08. The van der Waals surface area contributed by atoms with Gasteiger partial charge in [0, 0.05) is 18.4 Å². The summed E-state index contributed by atoms with van der Waals surface area (Å²) in [4.78, 5) is 12.1. The van der Waals surface area contributed by atoms with Crippen molar-refractivity contribution in [2.45, 2.75) is 46.5 Å². The number of carbonyl (C=O) groups excluding carboxylic acids is 1. The number of fused-ring (bicyclic) bond motifs is 3. The van der Waals surface area contributed by atoms with E-state index in [1.807, 2.05) is 13.2 Å². The molecule has 0 radical (unpaired) electrons. The van der Waals surface area contributed by atoms with Crippen molar-refractivity contribution in [3.05, 3.63) is 28.7 Å². The number of allylic oxidation sites excluding steroid dienone is 2. The van der Waals surface area contributed by atoms with E-state index >= 15 is 0 Å². The number of hydrogen-bond acceptors (Lipinski definition) is 2. The molecule has 1 aromatic rings. The first-order chi connectivity index (χ1) is 8.63. The SMILES string of the molecule is CCC1CCc2occ(C)c2C2=C(C)C(=O)C[C@@H]21. The third kappa shape index (κ3) is 1.51. The molecule has 3 rings (SSSR count). The lowest BCUT2D eigenvalue weighted by Crippen LogP contribution is -2.13. The highest BCUT2D eigenvalue weighted by Gasteiger charge is 2.39. The first-order valence-corrected chi connectivity index (χ1v) is 6.94. The van der Waals surface area contributed by atoms with Gasteiger partial charge in [0.05, 0.1) is 6.26 Å². The van der Waals surface area contributed by atoms with E-state index in [1.165, 1.54) is 16.7 Å². The molecule has 2 aliphatic carbocycles. The lowest BCUT2D eigenvalue weighted by molar-refractivity contribution is -0.115. The van der Waals surface area contributed by atoms with Gasteiger partial charge in [-0.05, 0) is 48.8 Å². The second-order valence-corrected chi connectivity index (χ2v) is 5.70. The van der Waals surface area contributed by atoms with Crippen molar-refractivity contribution >= 4 is 11.4 Å². The molecule has 0 fully saturated rings. The molecule has 1 unspecified atom stereocenters. The fraction of sp³-hybridized carbons (Fsp3) is 0.562. The second-order valence-electron chi connectivity index (χ2n) is 5.70. The van der Waals surface area contributed by atoms with Crippen LogP contribution in [0.25, 0.3) is 5.57 Å².